The normalized spacial score (nSPS) is 17.7. The summed E-state index contributed by atoms with van der Waals surface area (Å²) in [6.45, 7) is 10.1. The molecule has 1 amide bonds. The number of Topliss-reactive ketones (excluding diaryl/α,β-unsaturated/α-hetero) is 1. The number of carbonyl (C=O) groups is 2. The van der Waals surface area contributed by atoms with Gasteiger partial charge in [-0.3, -0.25) is 19.5 Å². The number of rotatable bonds is 4. The van der Waals surface area contributed by atoms with E-state index in [-0.39, 0.29) is 16.7 Å². The fraction of sp³-hybridized carbons (Fsp3) is 0.276. The molecule has 1 aliphatic rings. The number of aromatic nitrogens is 1. The van der Waals surface area contributed by atoms with E-state index in [0.717, 1.165) is 16.7 Å². The average Bonchev–Trinajstić information content (AvgIpc) is 3.08. The fourth-order valence-corrected chi connectivity index (χ4v) is 4.52. The van der Waals surface area contributed by atoms with Crippen LogP contribution in [0, 0.1) is 13.8 Å². The molecular formula is C29H30N2O4. The molecule has 0 radical (unpaired) electrons. The maximum atomic E-state index is 13.5. The first-order chi connectivity index (χ1) is 16.5. The van der Waals surface area contributed by atoms with Crippen LogP contribution >= 0.6 is 0 Å². The standard InChI is InChI=1S/C29H30N2O4/c1-17-7-9-22(18(2)15-17)31-25(19-11-13-30-14-12-19)24(27(33)28(31)34)26(32)21-16-20(29(3,4)5)8-10-23(21)35-6/h7-16,25,32H,1-6H3/b26-24+. The van der Waals surface area contributed by atoms with Gasteiger partial charge < -0.3 is 9.84 Å². The molecular weight excluding hydrogens is 440 g/mol. The summed E-state index contributed by atoms with van der Waals surface area (Å²) in [7, 11) is 1.51. The number of aliphatic hydroxyl groups is 1. The Morgan fingerprint density at radius 1 is 1.00 bits per heavy atom. The highest BCUT2D eigenvalue weighted by Gasteiger charge is 2.47. The quantitative estimate of drug-likeness (QED) is 0.304. The van der Waals surface area contributed by atoms with Gasteiger partial charge in [-0.2, -0.15) is 0 Å². The number of ether oxygens (including phenoxy) is 1. The maximum Gasteiger partial charge on any atom is 0.300 e. The van der Waals surface area contributed by atoms with Crippen LogP contribution in [0.2, 0.25) is 0 Å². The number of aliphatic hydroxyl groups excluding tert-OH is 1. The fourth-order valence-electron chi connectivity index (χ4n) is 4.52. The number of anilines is 1. The highest BCUT2D eigenvalue weighted by Crippen LogP contribution is 2.44. The van der Waals surface area contributed by atoms with Crippen molar-refractivity contribution in [3.63, 3.8) is 0 Å². The van der Waals surface area contributed by atoms with Gasteiger partial charge in [0.2, 0.25) is 0 Å². The van der Waals surface area contributed by atoms with E-state index in [0.29, 0.717) is 22.6 Å². The first kappa shape index (κ1) is 24.2. The van der Waals surface area contributed by atoms with E-state index in [9.17, 15) is 14.7 Å². The summed E-state index contributed by atoms with van der Waals surface area (Å²) >= 11 is 0. The van der Waals surface area contributed by atoms with E-state index in [2.05, 4.69) is 25.8 Å². The van der Waals surface area contributed by atoms with Gasteiger partial charge >= 0.3 is 0 Å². The number of carbonyl (C=O) groups excluding carboxylic acids is 2. The Bertz CT molecular complexity index is 1340. The molecule has 6 heteroatoms. The molecule has 1 atom stereocenters. The summed E-state index contributed by atoms with van der Waals surface area (Å²) in [6.07, 6.45) is 3.22. The highest BCUT2D eigenvalue weighted by atomic mass is 16.5. The summed E-state index contributed by atoms with van der Waals surface area (Å²) < 4.78 is 5.53. The van der Waals surface area contributed by atoms with Crippen LogP contribution in [0.3, 0.4) is 0 Å². The van der Waals surface area contributed by atoms with Crippen LogP contribution in [-0.4, -0.2) is 28.9 Å². The minimum absolute atomic E-state index is 0.0190. The van der Waals surface area contributed by atoms with E-state index in [1.165, 1.54) is 12.0 Å². The smallest absolute Gasteiger partial charge is 0.300 e. The highest BCUT2D eigenvalue weighted by molar-refractivity contribution is 6.51. The Morgan fingerprint density at radius 3 is 2.29 bits per heavy atom. The molecule has 2 aromatic carbocycles. The number of ketones is 1. The van der Waals surface area contributed by atoms with Gasteiger partial charge in [0.25, 0.3) is 11.7 Å². The monoisotopic (exact) mass is 470 g/mol. The Kier molecular flexibility index (Phi) is 6.24. The van der Waals surface area contributed by atoms with Crippen LogP contribution in [-0.2, 0) is 15.0 Å². The van der Waals surface area contributed by atoms with Gasteiger partial charge in [-0.1, -0.05) is 44.5 Å². The lowest BCUT2D eigenvalue weighted by Gasteiger charge is -2.27. The lowest BCUT2D eigenvalue weighted by molar-refractivity contribution is -0.132. The van der Waals surface area contributed by atoms with Crippen LogP contribution in [0.1, 0.15) is 54.6 Å². The van der Waals surface area contributed by atoms with E-state index in [4.69, 9.17) is 4.74 Å². The van der Waals surface area contributed by atoms with Gasteiger partial charge in [-0.25, -0.2) is 0 Å². The largest absolute Gasteiger partial charge is 0.507 e. The van der Waals surface area contributed by atoms with Gasteiger partial charge in [0.1, 0.15) is 11.5 Å². The molecule has 6 nitrogen and oxygen atoms in total. The molecule has 1 aromatic heterocycles. The Balaban J connectivity index is 2.00. The Hall–Kier alpha value is -3.93. The molecule has 1 unspecified atom stereocenters. The number of hydrogen-bond donors (Lipinski definition) is 1. The molecule has 180 valence electrons. The summed E-state index contributed by atoms with van der Waals surface area (Å²) in [4.78, 5) is 32.5. The predicted molar refractivity (Wildman–Crippen MR) is 137 cm³/mol. The molecule has 1 fully saturated rings. The van der Waals surface area contributed by atoms with E-state index in [1.807, 2.05) is 44.2 Å². The topological polar surface area (TPSA) is 79.7 Å². The SMILES string of the molecule is COc1ccc(C(C)(C)C)cc1/C(O)=C1\C(=O)C(=O)N(c2ccc(C)cc2C)C1c1ccncc1. The van der Waals surface area contributed by atoms with Crippen LogP contribution in [0.25, 0.3) is 5.76 Å². The molecule has 1 N–H and O–H groups in total. The molecule has 0 saturated carbocycles. The lowest BCUT2D eigenvalue weighted by atomic mass is 9.85. The number of methoxy groups -OCH3 is 1. The average molecular weight is 471 g/mol. The van der Waals surface area contributed by atoms with Crippen molar-refractivity contribution < 1.29 is 19.4 Å². The van der Waals surface area contributed by atoms with E-state index >= 15 is 0 Å². The first-order valence-corrected chi connectivity index (χ1v) is 11.5. The van der Waals surface area contributed by atoms with E-state index < -0.39 is 17.7 Å². The Morgan fingerprint density at radius 2 is 1.69 bits per heavy atom. The molecule has 35 heavy (non-hydrogen) atoms. The minimum atomic E-state index is -0.817. The molecule has 3 aromatic rings. The summed E-state index contributed by atoms with van der Waals surface area (Å²) in [6, 6.07) is 13.9. The van der Waals surface area contributed by atoms with Crippen molar-refractivity contribution in [2.75, 3.05) is 12.0 Å². The number of benzene rings is 2. The Labute approximate surface area is 205 Å². The van der Waals surface area contributed by atoms with Crippen LogP contribution in [0.4, 0.5) is 5.69 Å². The van der Waals surface area contributed by atoms with Crippen molar-refractivity contribution in [2.24, 2.45) is 0 Å². The van der Waals surface area contributed by atoms with Crippen LogP contribution in [0.5, 0.6) is 5.75 Å². The van der Waals surface area contributed by atoms with Crippen molar-refractivity contribution in [1.82, 2.24) is 4.98 Å². The van der Waals surface area contributed by atoms with Crippen molar-refractivity contribution in [1.29, 1.82) is 0 Å². The molecule has 0 bridgehead atoms. The molecule has 0 spiro atoms. The third-order valence-corrected chi connectivity index (χ3v) is 6.40. The number of amides is 1. The molecule has 0 aliphatic carbocycles. The second-order valence-corrected chi connectivity index (χ2v) is 9.90. The zero-order valence-electron chi connectivity index (χ0n) is 20.9. The lowest BCUT2D eigenvalue weighted by Crippen LogP contribution is -2.30. The third-order valence-electron chi connectivity index (χ3n) is 6.40. The molecule has 1 saturated heterocycles. The second-order valence-electron chi connectivity index (χ2n) is 9.90. The molecule has 1 aliphatic heterocycles. The van der Waals surface area contributed by atoms with Gasteiger partial charge in [0.05, 0.1) is 24.3 Å². The van der Waals surface area contributed by atoms with Crippen molar-refractivity contribution in [2.45, 2.75) is 46.1 Å². The third kappa shape index (κ3) is 4.32. The van der Waals surface area contributed by atoms with Crippen molar-refractivity contribution in [3.05, 3.63) is 94.3 Å². The zero-order chi connectivity index (χ0) is 25.5. The van der Waals surface area contributed by atoms with Gasteiger partial charge in [0, 0.05) is 18.1 Å². The first-order valence-electron chi connectivity index (χ1n) is 11.5. The van der Waals surface area contributed by atoms with Gasteiger partial charge in [0.15, 0.2) is 0 Å². The molecule has 2 heterocycles. The van der Waals surface area contributed by atoms with Gasteiger partial charge in [-0.05, 0) is 66.3 Å². The van der Waals surface area contributed by atoms with E-state index in [1.54, 1.807) is 30.6 Å². The molecule has 4 rings (SSSR count). The number of aryl methyl sites for hydroxylation is 2. The second kappa shape index (κ2) is 9.02. The summed E-state index contributed by atoms with van der Waals surface area (Å²) in [5, 5.41) is 11.6. The van der Waals surface area contributed by atoms with Crippen molar-refractivity contribution in [3.8, 4) is 5.75 Å². The zero-order valence-corrected chi connectivity index (χ0v) is 20.9. The predicted octanol–water partition coefficient (Wildman–Crippen LogP) is 5.63. The summed E-state index contributed by atoms with van der Waals surface area (Å²) in [5.74, 6) is -1.28. The maximum absolute atomic E-state index is 13.5. The minimum Gasteiger partial charge on any atom is -0.507 e. The summed E-state index contributed by atoms with van der Waals surface area (Å²) in [5.41, 5.74) is 4.36. The van der Waals surface area contributed by atoms with Crippen LogP contribution in [0.15, 0.2) is 66.5 Å². The number of hydrogen-bond acceptors (Lipinski definition) is 5. The van der Waals surface area contributed by atoms with Crippen LogP contribution < -0.4 is 9.64 Å². The van der Waals surface area contributed by atoms with Crippen molar-refractivity contribution >= 4 is 23.1 Å². The number of pyridine rings is 1. The number of nitrogens with zero attached hydrogens (tertiary/aromatic N) is 2. The van der Waals surface area contributed by atoms with Gasteiger partial charge in [-0.15, -0.1) is 0 Å².